The van der Waals surface area contributed by atoms with Gasteiger partial charge in [-0.15, -0.1) is 0 Å². The zero-order chi connectivity index (χ0) is 9.26. The van der Waals surface area contributed by atoms with Crippen LogP contribution < -0.4 is 5.32 Å². The molecule has 0 bridgehead atoms. The maximum atomic E-state index is 11.2. The van der Waals surface area contributed by atoms with E-state index < -0.39 is 0 Å². The summed E-state index contributed by atoms with van der Waals surface area (Å²) >= 11 is 0. The van der Waals surface area contributed by atoms with Gasteiger partial charge in [0.05, 0.1) is 0 Å². The normalized spacial score (nSPS) is 25.3. The highest BCUT2D eigenvalue weighted by atomic mass is 16.1. The van der Waals surface area contributed by atoms with Crippen LogP contribution in [0.2, 0.25) is 0 Å². The van der Waals surface area contributed by atoms with Crippen LogP contribution in [-0.4, -0.2) is 13.0 Å². The highest BCUT2D eigenvalue weighted by molar-refractivity contribution is 5.82. The summed E-state index contributed by atoms with van der Waals surface area (Å²) in [7, 11) is 1.70. The highest BCUT2D eigenvalue weighted by Gasteiger charge is 2.43. The minimum atomic E-state index is 0.175. The van der Waals surface area contributed by atoms with Crippen molar-refractivity contribution in [3.63, 3.8) is 0 Å². The van der Waals surface area contributed by atoms with Crippen LogP contribution in [0.3, 0.4) is 0 Å². The topological polar surface area (TPSA) is 29.1 Å². The Bertz CT molecular complexity index is 307. The van der Waals surface area contributed by atoms with Crippen molar-refractivity contribution in [3.05, 3.63) is 35.9 Å². The summed E-state index contributed by atoms with van der Waals surface area (Å²) in [5, 5.41) is 2.69. The molecule has 0 heterocycles. The third-order valence-electron chi connectivity index (χ3n) is 2.60. The molecule has 1 N–H and O–H groups in total. The predicted molar refractivity (Wildman–Crippen MR) is 51.4 cm³/mol. The molecule has 1 aliphatic carbocycles. The van der Waals surface area contributed by atoms with Crippen molar-refractivity contribution in [2.45, 2.75) is 12.3 Å². The summed E-state index contributed by atoms with van der Waals surface area (Å²) in [5.41, 5.74) is 1.29. The fraction of sp³-hybridized carbons (Fsp3) is 0.364. The van der Waals surface area contributed by atoms with E-state index in [0.717, 1.165) is 6.42 Å². The fourth-order valence-electron chi connectivity index (χ4n) is 1.74. The fourth-order valence-corrected chi connectivity index (χ4v) is 1.74. The van der Waals surface area contributed by atoms with Crippen molar-refractivity contribution in [2.75, 3.05) is 7.05 Å². The molecule has 2 nitrogen and oxygen atoms in total. The molecule has 1 saturated carbocycles. The smallest absolute Gasteiger partial charge is 0.223 e. The molecule has 1 amide bonds. The zero-order valence-electron chi connectivity index (χ0n) is 7.66. The van der Waals surface area contributed by atoms with Gasteiger partial charge in [-0.1, -0.05) is 30.3 Å². The summed E-state index contributed by atoms with van der Waals surface area (Å²) < 4.78 is 0. The number of carbonyl (C=O) groups is 1. The van der Waals surface area contributed by atoms with Crippen LogP contribution in [-0.2, 0) is 4.79 Å². The van der Waals surface area contributed by atoms with E-state index in [1.807, 2.05) is 18.2 Å². The van der Waals surface area contributed by atoms with Gasteiger partial charge in [-0.25, -0.2) is 0 Å². The molecule has 68 valence electrons. The van der Waals surface area contributed by atoms with Crippen LogP contribution in [0, 0.1) is 5.92 Å². The first-order valence-corrected chi connectivity index (χ1v) is 4.59. The van der Waals surface area contributed by atoms with Crippen molar-refractivity contribution < 1.29 is 4.79 Å². The van der Waals surface area contributed by atoms with Gasteiger partial charge in [-0.3, -0.25) is 4.79 Å². The minimum Gasteiger partial charge on any atom is -0.359 e. The van der Waals surface area contributed by atoms with Gasteiger partial charge in [0.2, 0.25) is 5.91 Å². The molecule has 1 aromatic rings. The largest absolute Gasteiger partial charge is 0.359 e. The van der Waals surface area contributed by atoms with Gasteiger partial charge in [-0.05, 0) is 17.9 Å². The molecule has 0 radical (unpaired) electrons. The summed E-state index contributed by atoms with van der Waals surface area (Å²) in [6.45, 7) is 0. The van der Waals surface area contributed by atoms with E-state index >= 15 is 0 Å². The monoisotopic (exact) mass is 175 g/mol. The summed E-state index contributed by atoms with van der Waals surface area (Å²) in [6.07, 6.45) is 1.00. The Hall–Kier alpha value is -1.31. The second-order valence-corrected chi connectivity index (χ2v) is 3.47. The Labute approximate surface area is 78.0 Å². The lowest BCUT2D eigenvalue weighted by Gasteiger charge is -1.98. The Kier molecular flexibility index (Phi) is 2.05. The van der Waals surface area contributed by atoms with E-state index in [2.05, 4.69) is 17.4 Å². The van der Waals surface area contributed by atoms with Crippen LogP contribution in [0.1, 0.15) is 17.9 Å². The third kappa shape index (κ3) is 1.57. The Morgan fingerprint density at radius 3 is 2.69 bits per heavy atom. The maximum absolute atomic E-state index is 11.2. The summed E-state index contributed by atoms with van der Waals surface area (Å²) in [4.78, 5) is 11.2. The second-order valence-electron chi connectivity index (χ2n) is 3.47. The number of hydrogen-bond donors (Lipinski definition) is 1. The molecule has 0 aliphatic heterocycles. The first-order chi connectivity index (χ1) is 6.33. The minimum absolute atomic E-state index is 0.175. The van der Waals surface area contributed by atoms with Crippen molar-refractivity contribution in [3.8, 4) is 0 Å². The van der Waals surface area contributed by atoms with Gasteiger partial charge in [0.1, 0.15) is 0 Å². The average Bonchev–Trinajstić information content (AvgIpc) is 2.98. The molecule has 1 aliphatic rings. The van der Waals surface area contributed by atoms with Crippen LogP contribution in [0.25, 0.3) is 0 Å². The molecule has 0 unspecified atom stereocenters. The molecule has 0 spiro atoms. The molecular weight excluding hydrogens is 162 g/mol. The number of nitrogens with one attached hydrogen (secondary N) is 1. The number of hydrogen-bond acceptors (Lipinski definition) is 1. The van der Waals surface area contributed by atoms with Crippen molar-refractivity contribution >= 4 is 5.91 Å². The van der Waals surface area contributed by atoms with E-state index in [1.54, 1.807) is 7.05 Å². The first kappa shape index (κ1) is 8.30. The predicted octanol–water partition coefficient (Wildman–Crippen LogP) is 1.54. The van der Waals surface area contributed by atoms with Crippen LogP contribution in [0.4, 0.5) is 0 Å². The summed E-state index contributed by atoms with van der Waals surface area (Å²) in [5.74, 6) is 0.849. The van der Waals surface area contributed by atoms with E-state index in [-0.39, 0.29) is 11.8 Å². The Morgan fingerprint density at radius 2 is 2.08 bits per heavy atom. The van der Waals surface area contributed by atoms with Crippen molar-refractivity contribution in [1.82, 2.24) is 5.32 Å². The van der Waals surface area contributed by atoms with Gasteiger partial charge in [-0.2, -0.15) is 0 Å². The zero-order valence-corrected chi connectivity index (χ0v) is 7.66. The summed E-state index contributed by atoms with van der Waals surface area (Å²) in [6, 6.07) is 10.2. The Morgan fingerprint density at radius 1 is 1.38 bits per heavy atom. The molecule has 2 heteroatoms. The molecule has 2 atom stereocenters. The molecule has 0 aromatic heterocycles. The van der Waals surface area contributed by atoms with Gasteiger partial charge in [0.25, 0.3) is 0 Å². The maximum Gasteiger partial charge on any atom is 0.223 e. The SMILES string of the molecule is CNC(=O)[C@H]1C[C@@H]1c1ccccc1. The second kappa shape index (κ2) is 3.21. The first-order valence-electron chi connectivity index (χ1n) is 4.59. The lowest BCUT2D eigenvalue weighted by atomic mass is 10.1. The van der Waals surface area contributed by atoms with Crippen LogP contribution in [0.15, 0.2) is 30.3 Å². The molecule has 2 rings (SSSR count). The van der Waals surface area contributed by atoms with Gasteiger partial charge < -0.3 is 5.32 Å². The van der Waals surface area contributed by atoms with Crippen LogP contribution >= 0.6 is 0 Å². The molecule has 0 saturated heterocycles. The molecule has 1 aromatic carbocycles. The van der Waals surface area contributed by atoms with Crippen molar-refractivity contribution in [1.29, 1.82) is 0 Å². The van der Waals surface area contributed by atoms with E-state index in [0.29, 0.717) is 5.92 Å². The van der Waals surface area contributed by atoms with E-state index in [4.69, 9.17) is 0 Å². The van der Waals surface area contributed by atoms with Crippen molar-refractivity contribution in [2.24, 2.45) is 5.92 Å². The number of rotatable bonds is 2. The lowest BCUT2D eigenvalue weighted by Crippen LogP contribution is -2.20. The van der Waals surface area contributed by atoms with Gasteiger partial charge in [0.15, 0.2) is 0 Å². The molecular formula is C11H13NO. The lowest BCUT2D eigenvalue weighted by molar-refractivity contribution is -0.121. The van der Waals surface area contributed by atoms with Gasteiger partial charge >= 0.3 is 0 Å². The number of carbonyl (C=O) groups excluding carboxylic acids is 1. The quantitative estimate of drug-likeness (QED) is 0.725. The van der Waals surface area contributed by atoms with Gasteiger partial charge in [0, 0.05) is 13.0 Å². The van der Waals surface area contributed by atoms with Crippen LogP contribution in [0.5, 0.6) is 0 Å². The average molecular weight is 175 g/mol. The number of amides is 1. The third-order valence-corrected chi connectivity index (χ3v) is 2.60. The molecule has 1 fully saturated rings. The highest BCUT2D eigenvalue weighted by Crippen LogP contribution is 2.47. The number of benzene rings is 1. The Balaban J connectivity index is 2.04. The van der Waals surface area contributed by atoms with E-state index in [9.17, 15) is 4.79 Å². The molecule has 13 heavy (non-hydrogen) atoms. The van der Waals surface area contributed by atoms with E-state index in [1.165, 1.54) is 5.56 Å². The standard InChI is InChI=1S/C11H13NO/c1-12-11(13)10-7-9(10)8-5-3-2-4-6-8/h2-6,9-10H,7H2,1H3,(H,12,13)/t9-,10+/m1/s1.